The number of carbonyl (C=O) groups is 1. The maximum atomic E-state index is 13.5. The van der Waals surface area contributed by atoms with Gasteiger partial charge in [0.2, 0.25) is 11.9 Å². The van der Waals surface area contributed by atoms with Crippen LogP contribution in [0, 0.1) is 11.6 Å². The lowest BCUT2D eigenvalue weighted by molar-refractivity contribution is -0.115. The molecule has 0 aliphatic rings. The third-order valence-electron chi connectivity index (χ3n) is 4.75. The molecule has 0 spiro atoms. The highest BCUT2D eigenvalue weighted by molar-refractivity contribution is 5.93. The summed E-state index contributed by atoms with van der Waals surface area (Å²) in [6, 6.07) is 14.7. The molecule has 0 fully saturated rings. The van der Waals surface area contributed by atoms with Gasteiger partial charge < -0.3 is 5.11 Å². The predicted octanol–water partition coefficient (Wildman–Crippen LogP) is 4.11. The first-order chi connectivity index (χ1) is 14.7. The first-order valence-electron chi connectivity index (χ1n) is 9.63. The summed E-state index contributed by atoms with van der Waals surface area (Å²) >= 11 is 0. The van der Waals surface area contributed by atoms with E-state index in [9.17, 15) is 18.7 Å². The van der Waals surface area contributed by atoms with E-state index in [-0.39, 0.29) is 24.1 Å². The number of aliphatic hydroxyl groups is 1. The Morgan fingerprint density at radius 1 is 0.968 bits per heavy atom. The SMILES string of the molecule is CC(C)(O)c1ccc2nc(NC(=O)Cc3ccc(F)cc3)n(-c3ccc(F)cc3)c2n1. The molecule has 1 amide bonds. The lowest BCUT2D eigenvalue weighted by Crippen LogP contribution is -2.18. The highest BCUT2D eigenvalue weighted by Crippen LogP contribution is 2.27. The van der Waals surface area contributed by atoms with Crippen molar-refractivity contribution in [3.63, 3.8) is 0 Å². The highest BCUT2D eigenvalue weighted by atomic mass is 19.1. The molecule has 0 aliphatic carbocycles. The van der Waals surface area contributed by atoms with E-state index < -0.39 is 11.4 Å². The minimum atomic E-state index is -1.18. The van der Waals surface area contributed by atoms with Crippen LogP contribution < -0.4 is 5.32 Å². The Balaban J connectivity index is 1.76. The van der Waals surface area contributed by atoms with E-state index in [1.165, 1.54) is 36.4 Å². The van der Waals surface area contributed by atoms with Gasteiger partial charge in [0.15, 0.2) is 5.65 Å². The molecule has 31 heavy (non-hydrogen) atoms. The molecule has 2 heterocycles. The summed E-state index contributed by atoms with van der Waals surface area (Å²) in [5, 5.41) is 13.1. The van der Waals surface area contributed by atoms with Gasteiger partial charge in [-0.2, -0.15) is 0 Å². The number of hydrogen-bond acceptors (Lipinski definition) is 4. The van der Waals surface area contributed by atoms with Gasteiger partial charge in [-0.1, -0.05) is 12.1 Å². The van der Waals surface area contributed by atoms with Crippen molar-refractivity contribution in [2.45, 2.75) is 25.9 Å². The van der Waals surface area contributed by atoms with Gasteiger partial charge in [-0.05, 0) is 67.9 Å². The summed E-state index contributed by atoms with van der Waals surface area (Å²) in [6.07, 6.45) is 0.0231. The smallest absolute Gasteiger partial charge is 0.231 e. The van der Waals surface area contributed by atoms with Gasteiger partial charge in [0.25, 0.3) is 0 Å². The average Bonchev–Trinajstić information content (AvgIpc) is 3.06. The van der Waals surface area contributed by atoms with Gasteiger partial charge in [0.05, 0.1) is 17.8 Å². The maximum Gasteiger partial charge on any atom is 0.231 e. The average molecular weight is 422 g/mol. The second-order valence-corrected chi connectivity index (χ2v) is 7.70. The van der Waals surface area contributed by atoms with Crippen LogP contribution in [0.2, 0.25) is 0 Å². The van der Waals surface area contributed by atoms with Crippen molar-refractivity contribution in [1.29, 1.82) is 0 Å². The van der Waals surface area contributed by atoms with E-state index in [0.717, 1.165) is 0 Å². The number of amides is 1. The topological polar surface area (TPSA) is 80.0 Å². The molecule has 4 aromatic rings. The van der Waals surface area contributed by atoms with Gasteiger partial charge in [0, 0.05) is 0 Å². The molecule has 0 saturated heterocycles. The van der Waals surface area contributed by atoms with E-state index in [4.69, 9.17) is 0 Å². The van der Waals surface area contributed by atoms with Crippen LogP contribution in [-0.2, 0) is 16.8 Å². The monoisotopic (exact) mass is 422 g/mol. The zero-order valence-corrected chi connectivity index (χ0v) is 16.9. The Labute approximate surface area is 177 Å². The Morgan fingerprint density at radius 3 is 2.19 bits per heavy atom. The fourth-order valence-corrected chi connectivity index (χ4v) is 3.17. The summed E-state index contributed by atoms with van der Waals surface area (Å²) < 4.78 is 28.2. The van der Waals surface area contributed by atoms with Crippen LogP contribution in [0.5, 0.6) is 0 Å². The number of aromatic nitrogens is 3. The molecule has 0 saturated carbocycles. The third kappa shape index (κ3) is 4.44. The number of pyridine rings is 1. The molecular formula is C23H20F2N4O2. The zero-order valence-electron chi connectivity index (χ0n) is 16.9. The molecule has 4 rings (SSSR count). The second kappa shape index (κ2) is 7.88. The first-order valence-corrected chi connectivity index (χ1v) is 9.63. The number of rotatable bonds is 5. The predicted molar refractivity (Wildman–Crippen MR) is 113 cm³/mol. The fraction of sp³-hybridized carbons (Fsp3) is 0.174. The van der Waals surface area contributed by atoms with E-state index >= 15 is 0 Å². The molecule has 0 radical (unpaired) electrons. The molecule has 0 bridgehead atoms. The van der Waals surface area contributed by atoms with Crippen molar-refractivity contribution in [2.24, 2.45) is 0 Å². The molecule has 158 valence electrons. The quantitative estimate of drug-likeness (QED) is 0.507. The van der Waals surface area contributed by atoms with Gasteiger partial charge in [-0.25, -0.2) is 18.7 Å². The number of nitrogens with zero attached hydrogens (tertiary/aromatic N) is 3. The number of carbonyl (C=O) groups excluding carboxylic acids is 1. The number of fused-ring (bicyclic) bond motifs is 1. The molecule has 8 heteroatoms. The van der Waals surface area contributed by atoms with Crippen molar-refractivity contribution >= 4 is 23.0 Å². The van der Waals surface area contributed by atoms with Crippen molar-refractivity contribution < 1.29 is 18.7 Å². The van der Waals surface area contributed by atoms with Crippen molar-refractivity contribution in [3.8, 4) is 5.69 Å². The summed E-state index contributed by atoms with van der Waals surface area (Å²) in [5.74, 6) is -0.932. The third-order valence-corrected chi connectivity index (χ3v) is 4.75. The first kappa shape index (κ1) is 20.6. The maximum absolute atomic E-state index is 13.5. The highest BCUT2D eigenvalue weighted by Gasteiger charge is 2.22. The minimum absolute atomic E-state index is 0.0231. The Bertz CT molecular complexity index is 1240. The van der Waals surface area contributed by atoms with E-state index in [1.54, 1.807) is 42.7 Å². The number of anilines is 1. The summed E-state index contributed by atoms with van der Waals surface area (Å²) in [4.78, 5) is 21.6. The molecule has 6 nitrogen and oxygen atoms in total. The number of nitrogens with one attached hydrogen (secondary N) is 1. The minimum Gasteiger partial charge on any atom is -0.384 e. The van der Waals surface area contributed by atoms with Crippen LogP contribution >= 0.6 is 0 Å². The van der Waals surface area contributed by atoms with Gasteiger partial charge >= 0.3 is 0 Å². The van der Waals surface area contributed by atoms with Crippen LogP contribution in [0.15, 0.2) is 60.7 Å². The normalized spacial score (nSPS) is 11.6. The molecule has 2 aromatic heterocycles. The fourth-order valence-electron chi connectivity index (χ4n) is 3.17. The molecule has 0 atom stereocenters. The van der Waals surface area contributed by atoms with E-state index in [0.29, 0.717) is 28.1 Å². The summed E-state index contributed by atoms with van der Waals surface area (Å²) in [5.41, 5.74) is 1.33. The number of benzene rings is 2. The van der Waals surface area contributed by atoms with Crippen LogP contribution in [0.3, 0.4) is 0 Å². The van der Waals surface area contributed by atoms with Crippen LogP contribution in [-0.4, -0.2) is 25.5 Å². The van der Waals surface area contributed by atoms with Crippen molar-refractivity contribution in [2.75, 3.05) is 5.32 Å². The van der Waals surface area contributed by atoms with Crippen LogP contribution in [0.1, 0.15) is 25.1 Å². The zero-order chi connectivity index (χ0) is 22.2. The van der Waals surface area contributed by atoms with Crippen LogP contribution in [0.25, 0.3) is 16.9 Å². The molecular weight excluding hydrogens is 402 g/mol. The molecule has 2 aromatic carbocycles. The number of hydrogen-bond donors (Lipinski definition) is 2. The lowest BCUT2D eigenvalue weighted by atomic mass is 10.1. The summed E-state index contributed by atoms with van der Waals surface area (Å²) in [6.45, 7) is 3.23. The van der Waals surface area contributed by atoms with Gasteiger partial charge in [0.1, 0.15) is 22.8 Å². The Morgan fingerprint density at radius 2 is 1.58 bits per heavy atom. The van der Waals surface area contributed by atoms with E-state index in [1.807, 2.05) is 0 Å². The van der Waals surface area contributed by atoms with Gasteiger partial charge in [-0.3, -0.25) is 14.7 Å². The molecule has 0 unspecified atom stereocenters. The number of halogens is 2. The van der Waals surface area contributed by atoms with E-state index in [2.05, 4.69) is 15.3 Å². The van der Waals surface area contributed by atoms with Crippen molar-refractivity contribution in [1.82, 2.24) is 14.5 Å². The standard InChI is InChI=1S/C23H20F2N4O2/c1-23(2,31)19-12-11-18-21(27-19)29(17-9-7-16(25)8-10-17)22(26-18)28-20(30)13-14-3-5-15(24)6-4-14/h3-12,31H,13H2,1-2H3,(H,26,28,30). The van der Waals surface area contributed by atoms with Gasteiger partial charge in [-0.15, -0.1) is 0 Å². The Kier molecular flexibility index (Phi) is 5.24. The largest absolute Gasteiger partial charge is 0.384 e. The second-order valence-electron chi connectivity index (χ2n) is 7.70. The number of imidazole rings is 1. The summed E-state index contributed by atoms with van der Waals surface area (Å²) in [7, 11) is 0. The molecule has 0 aliphatic heterocycles. The Hall–Kier alpha value is -3.65. The van der Waals surface area contributed by atoms with Crippen LogP contribution in [0.4, 0.5) is 14.7 Å². The van der Waals surface area contributed by atoms with Crippen molar-refractivity contribution in [3.05, 3.63) is 83.6 Å². The molecule has 2 N–H and O–H groups in total. The lowest BCUT2D eigenvalue weighted by Gasteiger charge is -2.16.